The van der Waals surface area contributed by atoms with Crippen LogP contribution in [-0.4, -0.2) is 51.3 Å². The standard InChI is InChI=1S/C12H26N4O2/c1-9(2)15-11(17)6-7-14-12(13-4)16-10(3)8-18-5/h9-10H,6-8H2,1-5H3,(H,15,17)(H2,13,14,16). The maximum atomic E-state index is 11.4. The van der Waals surface area contributed by atoms with Crippen LogP contribution in [0.5, 0.6) is 0 Å². The Morgan fingerprint density at radius 3 is 2.44 bits per heavy atom. The summed E-state index contributed by atoms with van der Waals surface area (Å²) in [6.45, 7) is 7.05. The summed E-state index contributed by atoms with van der Waals surface area (Å²) in [6, 6.07) is 0.349. The zero-order chi connectivity index (χ0) is 14.0. The van der Waals surface area contributed by atoms with Crippen molar-refractivity contribution in [2.24, 2.45) is 4.99 Å². The second-order valence-corrected chi connectivity index (χ2v) is 4.47. The van der Waals surface area contributed by atoms with Gasteiger partial charge in [-0.25, -0.2) is 0 Å². The van der Waals surface area contributed by atoms with Crippen molar-refractivity contribution in [1.29, 1.82) is 0 Å². The van der Waals surface area contributed by atoms with Crippen molar-refractivity contribution in [3.8, 4) is 0 Å². The number of rotatable bonds is 7. The van der Waals surface area contributed by atoms with Crippen LogP contribution in [0.2, 0.25) is 0 Å². The smallest absolute Gasteiger partial charge is 0.221 e. The molecule has 0 fully saturated rings. The number of guanidine groups is 1. The van der Waals surface area contributed by atoms with Gasteiger partial charge in [0.05, 0.1) is 6.61 Å². The van der Waals surface area contributed by atoms with Crippen LogP contribution in [0.1, 0.15) is 27.2 Å². The Morgan fingerprint density at radius 1 is 1.28 bits per heavy atom. The van der Waals surface area contributed by atoms with Crippen LogP contribution >= 0.6 is 0 Å². The molecular formula is C12H26N4O2. The number of ether oxygens (including phenoxy) is 1. The Bertz CT molecular complexity index is 267. The van der Waals surface area contributed by atoms with Crippen LogP contribution in [-0.2, 0) is 9.53 Å². The molecule has 1 amide bonds. The number of nitrogens with one attached hydrogen (secondary N) is 3. The van der Waals surface area contributed by atoms with Gasteiger partial charge in [-0.15, -0.1) is 0 Å². The van der Waals surface area contributed by atoms with E-state index in [0.717, 1.165) is 0 Å². The van der Waals surface area contributed by atoms with Gasteiger partial charge in [0.25, 0.3) is 0 Å². The summed E-state index contributed by atoms with van der Waals surface area (Å²) in [6.07, 6.45) is 0.428. The van der Waals surface area contributed by atoms with Gasteiger partial charge in [0, 0.05) is 39.2 Å². The first-order valence-corrected chi connectivity index (χ1v) is 6.25. The fourth-order valence-electron chi connectivity index (χ4n) is 1.41. The fourth-order valence-corrected chi connectivity index (χ4v) is 1.41. The van der Waals surface area contributed by atoms with Crippen LogP contribution in [0.4, 0.5) is 0 Å². The number of aliphatic imine (C=N–C) groups is 1. The van der Waals surface area contributed by atoms with E-state index in [4.69, 9.17) is 4.74 Å². The molecule has 0 aliphatic rings. The number of nitrogens with zero attached hydrogens (tertiary/aromatic N) is 1. The van der Waals surface area contributed by atoms with Crippen molar-refractivity contribution >= 4 is 11.9 Å². The van der Waals surface area contributed by atoms with Crippen LogP contribution < -0.4 is 16.0 Å². The molecule has 6 heteroatoms. The van der Waals surface area contributed by atoms with E-state index in [0.29, 0.717) is 25.5 Å². The molecule has 0 saturated carbocycles. The monoisotopic (exact) mass is 258 g/mol. The second-order valence-electron chi connectivity index (χ2n) is 4.47. The zero-order valence-electron chi connectivity index (χ0n) is 12.0. The molecule has 0 aromatic carbocycles. The van der Waals surface area contributed by atoms with Gasteiger partial charge in [0.15, 0.2) is 5.96 Å². The second kappa shape index (κ2) is 9.70. The Hall–Kier alpha value is -1.30. The van der Waals surface area contributed by atoms with E-state index < -0.39 is 0 Å². The predicted molar refractivity (Wildman–Crippen MR) is 73.7 cm³/mol. The van der Waals surface area contributed by atoms with E-state index in [1.54, 1.807) is 14.2 Å². The lowest BCUT2D eigenvalue weighted by Crippen LogP contribution is -2.45. The maximum Gasteiger partial charge on any atom is 0.221 e. The van der Waals surface area contributed by atoms with Gasteiger partial charge < -0.3 is 20.7 Å². The van der Waals surface area contributed by atoms with Crippen LogP contribution in [0.25, 0.3) is 0 Å². The van der Waals surface area contributed by atoms with E-state index in [-0.39, 0.29) is 18.0 Å². The molecule has 1 unspecified atom stereocenters. The van der Waals surface area contributed by atoms with Gasteiger partial charge in [-0.2, -0.15) is 0 Å². The van der Waals surface area contributed by atoms with Gasteiger partial charge in [0.2, 0.25) is 5.91 Å². The molecular weight excluding hydrogens is 232 g/mol. The minimum Gasteiger partial charge on any atom is -0.383 e. The first-order chi connectivity index (χ1) is 8.49. The molecule has 0 radical (unpaired) electrons. The molecule has 0 aliphatic carbocycles. The van der Waals surface area contributed by atoms with Gasteiger partial charge in [-0.3, -0.25) is 9.79 Å². The van der Waals surface area contributed by atoms with E-state index in [1.807, 2.05) is 20.8 Å². The van der Waals surface area contributed by atoms with E-state index in [9.17, 15) is 4.79 Å². The van der Waals surface area contributed by atoms with Gasteiger partial charge in [-0.05, 0) is 20.8 Å². The maximum absolute atomic E-state index is 11.4. The first kappa shape index (κ1) is 16.7. The minimum atomic E-state index is 0.0397. The van der Waals surface area contributed by atoms with Gasteiger partial charge in [-0.1, -0.05) is 0 Å². The summed E-state index contributed by atoms with van der Waals surface area (Å²) in [5.74, 6) is 0.717. The molecule has 0 saturated heterocycles. The van der Waals surface area contributed by atoms with Crippen LogP contribution in [0.3, 0.4) is 0 Å². The van der Waals surface area contributed by atoms with Crippen molar-refractivity contribution in [2.75, 3.05) is 27.3 Å². The number of carbonyl (C=O) groups is 1. The minimum absolute atomic E-state index is 0.0397. The highest BCUT2D eigenvalue weighted by Gasteiger charge is 2.06. The quantitative estimate of drug-likeness (QED) is 0.447. The van der Waals surface area contributed by atoms with E-state index in [2.05, 4.69) is 20.9 Å². The van der Waals surface area contributed by atoms with Crippen molar-refractivity contribution in [3.05, 3.63) is 0 Å². The highest BCUT2D eigenvalue weighted by molar-refractivity contribution is 5.81. The average molecular weight is 258 g/mol. The fraction of sp³-hybridized carbons (Fsp3) is 0.833. The van der Waals surface area contributed by atoms with Gasteiger partial charge >= 0.3 is 0 Å². The SMILES string of the molecule is CN=C(NCCC(=O)NC(C)C)NC(C)COC. The zero-order valence-corrected chi connectivity index (χ0v) is 12.0. The highest BCUT2D eigenvalue weighted by atomic mass is 16.5. The topological polar surface area (TPSA) is 74.8 Å². The lowest BCUT2D eigenvalue weighted by Gasteiger charge is -2.17. The molecule has 1 atom stereocenters. The molecule has 3 N–H and O–H groups in total. The molecule has 0 aromatic rings. The van der Waals surface area contributed by atoms with Crippen molar-refractivity contribution in [3.63, 3.8) is 0 Å². The summed E-state index contributed by atoms with van der Waals surface area (Å²) in [7, 11) is 3.35. The third-order valence-corrected chi connectivity index (χ3v) is 2.12. The number of methoxy groups -OCH3 is 1. The average Bonchev–Trinajstić information content (AvgIpc) is 2.27. The Balaban J connectivity index is 3.85. The largest absolute Gasteiger partial charge is 0.383 e. The molecule has 0 heterocycles. The molecule has 18 heavy (non-hydrogen) atoms. The predicted octanol–water partition coefficient (Wildman–Crippen LogP) is 0.101. The lowest BCUT2D eigenvalue weighted by molar-refractivity contribution is -0.121. The first-order valence-electron chi connectivity index (χ1n) is 6.25. The summed E-state index contributed by atoms with van der Waals surface area (Å²) in [4.78, 5) is 15.5. The molecule has 0 spiro atoms. The number of carbonyl (C=O) groups excluding carboxylic acids is 1. The molecule has 0 bridgehead atoms. The highest BCUT2D eigenvalue weighted by Crippen LogP contribution is 1.85. The third-order valence-electron chi connectivity index (χ3n) is 2.12. The molecule has 0 aliphatic heterocycles. The molecule has 106 valence electrons. The van der Waals surface area contributed by atoms with Crippen molar-refractivity contribution in [2.45, 2.75) is 39.3 Å². The summed E-state index contributed by atoms with van der Waals surface area (Å²) >= 11 is 0. The van der Waals surface area contributed by atoms with Crippen LogP contribution in [0, 0.1) is 0 Å². The Kier molecular flexibility index (Phi) is 9.00. The molecule has 6 nitrogen and oxygen atoms in total. The number of hydrogen-bond donors (Lipinski definition) is 3. The summed E-state index contributed by atoms with van der Waals surface area (Å²) < 4.78 is 5.03. The summed E-state index contributed by atoms with van der Waals surface area (Å²) in [5.41, 5.74) is 0. The lowest BCUT2D eigenvalue weighted by atomic mass is 10.3. The number of amides is 1. The van der Waals surface area contributed by atoms with E-state index >= 15 is 0 Å². The van der Waals surface area contributed by atoms with Gasteiger partial charge in [0.1, 0.15) is 0 Å². The van der Waals surface area contributed by atoms with Crippen LogP contribution in [0.15, 0.2) is 4.99 Å². The van der Waals surface area contributed by atoms with Crippen molar-refractivity contribution in [1.82, 2.24) is 16.0 Å². The normalized spacial score (nSPS) is 13.3. The number of hydrogen-bond acceptors (Lipinski definition) is 3. The molecule has 0 rings (SSSR count). The summed E-state index contributed by atoms with van der Waals surface area (Å²) in [5, 5.41) is 9.09. The third kappa shape index (κ3) is 8.81. The Labute approximate surface area is 110 Å². The Morgan fingerprint density at radius 2 is 1.94 bits per heavy atom. The van der Waals surface area contributed by atoms with Crippen molar-refractivity contribution < 1.29 is 9.53 Å². The molecule has 0 aromatic heterocycles. The van der Waals surface area contributed by atoms with E-state index in [1.165, 1.54) is 0 Å².